The predicted molar refractivity (Wildman–Crippen MR) is 63.0 cm³/mol. The molecule has 2 aliphatic carbocycles. The average Bonchev–Trinajstić information content (AvgIpc) is 2.20. The van der Waals surface area contributed by atoms with Gasteiger partial charge in [0, 0.05) is 6.42 Å². The number of allylic oxidation sites excluding steroid dienone is 2. The van der Waals surface area contributed by atoms with Crippen molar-refractivity contribution in [1.29, 1.82) is 0 Å². The smallest absolute Gasteiger partial charge is 0.166 e. The molecule has 0 aliphatic heterocycles. The highest BCUT2D eigenvalue weighted by molar-refractivity contribution is 6.19. The first kappa shape index (κ1) is 11.6. The molecule has 2 nitrogen and oxygen atoms in total. The van der Waals surface area contributed by atoms with Crippen LogP contribution in [-0.4, -0.2) is 11.6 Å². The highest BCUT2D eigenvalue weighted by Gasteiger charge is 2.45. The lowest BCUT2D eigenvalue weighted by molar-refractivity contribution is -0.123. The predicted octanol–water partition coefficient (Wildman–Crippen LogP) is 2.92. The van der Waals surface area contributed by atoms with Gasteiger partial charge in [0.25, 0.3) is 0 Å². The van der Waals surface area contributed by atoms with Gasteiger partial charge in [-0.25, -0.2) is 0 Å². The molecule has 0 aromatic rings. The summed E-state index contributed by atoms with van der Waals surface area (Å²) in [7, 11) is 0. The molecule has 0 spiro atoms. The highest BCUT2D eigenvalue weighted by Crippen LogP contribution is 2.50. The molecule has 0 aromatic heterocycles. The van der Waals surface area contributed by atoms with Crippen LogP contribution in [-0.2, 0) is 9.59 Å². The number of carbonyl (C=O) groups is 2. The molecule has 2 heteroatoms. The first-order chi connectivity index (χ1) is 7.45. The zero-order valence-corrected chi connectivity index (χ0v) is 10.4. The molecule has 2 rings (SSSR count). The maximum Gasteiger partial charge on any atom is 0.166 e. The third-order valence-corrected chi connectivity index (χ3v) is 4.70. The van der Waals surface area contributed by atoms with E-state index >= 15 is 0 Å². The largest absolute Gasteiger partial charge is 0.294 e. The molecule has 16 heavy (non-hydrogen) atoms. The van der Waals surface area contributed by atoms with Crippen LogP contribution in [0.1, 0.15) is 46.5 Å². The molecule has 3 atom stereocenters. The van der Waals surface area contributed by atoms with E-state index in [2.05, 4.69) is 13.8 Å². The Bertz CT molecular complexity index is 367. The van der Waals surface area contributed by atoms with Crippen LogP contribution in [0.5, 0.6) is 0 Å². The fourth-order valence-corrected chi connectivity index (χ4v) is 3.30. The van der Waals surface area contributed by atoms with Crippen LogP contribution in [0.25, 0.3) is 0 Å². The molecule has 1 fully saturated rings. The Hall–Kier alpha value is -0.920. The number of carbonyl (C=O) groups excluding carboxylic acids is 2. The molecular formula is C14H20O2. The first-order valence-electron chi connectivity index (χ1n) is 6.22. The van der Waals surface area contributed by atoms with Crippen molar-refractivity contribution in [2.24, 2.45) is 17.3 Å². The van der Waals surface area contributed by atoms with Crippen LogP contribution >= 0.6 is 0 Å². The van der Waals surface area contributed by atoms with E-state index < -0.39 is 0 Å². The van der Waals surface area contributed by atoms with E-state index in [0.717, 1.165) is 6.42 Å². The lowest BCUT2D eigenvalue weighted by atomic mass is 9.57. The standard InChI is InChI=1S/C14H20O2/c1-9-5-4-6-11-7-13(16)12(10(2)15)8-14(9,11)3/h8-9,11H,4-7H2,1-3H3. The van der Waals surface area contributed by atoms with Gasteiger partial charge < -0.3 is 0 Å². The third kappa shape index (κ3) is 1.64. The second-order valence-electron chi connectivity index (χ2n) is 5.64. The van der Waals surface area contributed by atoms with Crippen molar-refractivity contribution in [1.82, 2.24) is 0 Å². The first-order valence-corrected chi connectivity index (χ1v) is 6.22. The maximum atomic E-state index is 11.9. The number of rotatable bonds is 1. The molecule has 2 aliphatic rings. The van der Waals surface area contributed by atoms with E-state index in [1.165, 1.54) is 19.8 Å². The van der Waals surface area contributed by atoms with Gasteiger partial charge in [0.05, 0.1) is 5.57 Å². The topological polar surface area (TPSA) is 34.1 Å². The summed E-state index contributed by atoms with van der Waals surface area (Å²) in [5.74, 6) is 1.02. The van der Waals surface area contributed by atoms with Gasteiger partial charge in [0.2, 0.25) is 0 Å². The van der Waals surface area contributed by atoms with E-state index in [1.807, 2.05) is 6.08 Å². The van der Waals surface area contributed by atoms with Crippen molar-refractivity contribution < 1.29 is 9.59 Å². The Balaban J connectivity index is 2.42. The fraction of sp³-hybridized carbons (Fsp3) is 0.714. The minimum Gasteiger partial charge on any atom is -0.294 e. The monoisotopic (exact) mass is 220 g/mol. The van der Waals surface area contributed by atoms with Gasteiger partial charge in [-0.1, -0.05) is 26.3 Å². The van der Waals surface area contributed by atoms with Crippen LogP contribution < -0.4 is 0 Å². The Morgan fingerprint density at radius 3 is 2.75 bits per heavy atom. The van der Waals surface area contributed by atoms with Gasteiger partial charge in [0.1, 0.15) is 0 Å². The van der Waals surface area contributed by atoms with Gasteiger partial charge in [-0.3, -0.25) is 9.59 Å². The van der Waals surface area contributed by atoms with Gasteiger partial charge >= 0.3 is 0 Å². The summed E-state index contributed by atoms with van der Waals surface area (Å²) in [6.45, 7) is 5.97. The number of hydrogen-bond donors (Lipinski definition) is 0. The Labute approximate surface area is 97.1 Å². The van der Waals surface area contributed by atoms with E-state index in [4.69, 9.17) is 0 Å². The summed E-state index contributed by atoms with van der Waals surface area (Å²) in [6, 6.07) is 0. The van der Waals surface area contributed by atoms with Crippen LogP contribution in [0.15, 0.2) is 11.6 Å². The molecule has 0 radical (unpaired) electrons. The molecule has 0 amide bonds. The van der Waals surface area contributed by atoms with Crippen LogP contribution in [0.4, 0.5) is 0 Å². The SMILES string of the molecule is CC(=O)C1=CC2(C)C(C)CCCC2CC1=O. The molecular weight excluding hydrogens is 200 g/mol. The van der Waals surface area contributed by atoms with Crippen molar-refractivity contribution in [3.8, 4) is 0 Å². The summed E-state index contributed by atoms with van der Waals surface area (Å²) in [4.78, 5) is 23.3. The number of ketones is 2. The van der Waals surface area contributed by atoms with Crippen LogP contribution in [0.2, 0.25) is 0 Å². The van der Waals surface area contributed by atoms with E-state index in [-0.39, 0.29) is 17.0 Å². The third-order valence-electron chi connectivity index (χ3n) is 4.70. The van der Waals surface area contributed by atoms with Gasteiger partial charge in [0.15, 0.2) is 11.6 Å². The average molecular weight is 220 g/mol. The van der Waals surface area contributed by atoms with Crippen molar-refractivity contribution in [3.05, 3.63) is 11.6 Å². The second-order valence-corrected chi connectivity index (χ2v) is 5.64. The summed E-state index contributed by atoms with van der Waals surface area (Å²) in [6.07, 6.45) is 6.12. The van der Waals surface area contributed by atoms with Crippen molar-refractivity contribution in [2.45, 2.75) is 46.5 Å². The minimum absolute atomic E-state index is 0.0593. The van der Waals surface area contributed by atoms with Crippen LogP contribution in [0.3, 0.4) is 0 Å². The lowest BCUT2D eigenvalue weighted by Crippen LogP contribution is -2.41. The zero-order chi connectivity index (χ0) is 11.9. The quantitative estimate of drug-likeness (QED) is 0.637. The van der Waals surface area contributed by atoms with Crippen molar-refractivity contribution >= 4 is 11.6 Å². The second kappa shape index (κ2) is 3.83. The maximum absolute atomic E-state index is 11.9. The molecule has 88 valence electrons. The minimum atomic E-state index is -0.0672. The molecule has 3 unspecified atom stereocenters. The molecule has 0 aromatic carbocycles. The van der Waals surface area contributed by atoms with Crippen LogP contribution in [0, 0.1) is 17.3 Å². The zero-order valence-electron chi connectivity index (χ0n) is 10.4. The van der Waals surface area contributed by atoms with Gasteiger partial charge in [-0.15, -0.1) is 0 Å². The van der Waals surface area contributed by atoms with Gasteiger partial charge in [-0.2, -0.15) is 0 Å². The number of fused-ring (bicyclic) bond motifs is 1. The summed E-state index contributed by atoms with van der Waals surface area (Å²) >= 11 is 0. The summed E-state index contributed by atoms with van der Waals surface area (Å²) < 4.78 is 0. The Morgan fingerprint density at radius 2 is 2.12 bits per heavy atom. The molecule has 0 saturated heterocycles. The Kier molecular flexibility index (Phi) is 2.77. The molecule has 1 saturated carbocycles. The summed E-state index contributed by atoms with van der Waals surface area (Å²) in [5.41, 5.74) is 0.514. The molecule has 0 bridgehead atoms. The summed E-state index contributed by atoms with van der Waals surface area (Å²) in [5, 5.41) is 0. The Morgan fingerprint density at radius 1 is 1.44 bits per heavy atom. The van der Waals surface area contributed by atoms with E-state index in [0.29, 0.717) is 23.8 Å². The number of hydrogen-bond acceptors (Lipinski definition) is 2. The normalized spacial score (nSPS) is 38.9. The molecule has 0 heterocycles. The fourth-order valence-electron chi connectivity index (χ4n) is 3.30. The van der Waals surface area contributed by atoms with Crippen molar-refractivity contribution in [3.63, 3.8) is 0 Å². The van der Waals surface area contributed by atoms with Gasteiger partial charge in [-0.05, 0) is 37.0 Å². The molecule has 0 N–H and O–H groups in total. The van der Waals surface area contributed by atoms with E-state index in [1.54, 1.807) is 0 Å². The lowest BCUT2D eigenvalue weighted by Gasteiger charge is -2.47. The number of Topliss-reactive ketones (excluding diaryl/α,β-unsaturated/α-hetero) is 2. The highest BCUT2D eigenvalue weighted by atomic mass is 16.1. The van der Waals surface area contributed by atoms with Crippen molar-refractivity contribution in [2.75, 3.05) is 0 Å². The van der Waals surface area contributed by atoms with E-state index in [9.17, 15) is 9.59 Å².